The first kappa shape index (κ1) is 9.24. The Morgan fingerprint density at radius 3 is 2.23 bits per heavy atom. The zero-order valence-corrected chi connectivity index (χ0v) is 8.16. The van der Waals surface area contributed by atoms with Gasteiger partial charge in [0.15, 0.2) is 0 Å². The predicted molar refractivity (Wildman–Crippen MR) is 47.0 cm³/mol. The first-order valence-corrected chi connectivity index (χ1v) is 5.44. The third kappa shape index (κ3) is 1.43. The molecular formula is C8H11F2NOS. The number of amides is 1. The molecule has 2 nitrogen and oxygen atoms in total. The van der Waals surface area contributed by atoms with E-state index in [-0.39, 0.29) is 23.7 Å². The van der Waals surface area contributed by atoms with Crippen molar-refractivity contribution in [1.82, 2.24) is 4.90 Å². The van der Waals surface area contributed by atoms with Gasteiger partial charge in [-0.2, -0.15) is 0 Å². The van der Waals surface area contributed by atoms with Crippen LogP contribution in [0, 0.1) is 0 Å². The summed E-state index contributed by atoms with van der Waals surface area (Å²) in [6, 6.07) is 0. The van der Waals surface area contributed by atoms with Gasteiger partial charge < -0.3 is 4.90 Å². The molecule has 1 saturated carbocycles. The summed E-state index contributed by atoms with van der Waals surface area (Å²) < 4.78 is 24.6. The number of halogens is 2. The number of rotatable bonds is 2. The van der Waals surface area contributed by atoms with Gasteiger partial charge in [0.1, 0.15) is 0 Å². The number of thioether (sulfide) groups is 1. The van der Waals surface area contributed by atoms with Crippen molar-refractivity contribution in [3.05, 3.63) is 0 Å². The molecule has 1 amide bonds. The second kappa shape index (κ2) is 2.59. The lowest BCUT2D eigenvalue weighted by Crippen LogP contribution is -2.60. The van der Waals surface area contributed by atoms with Crippen LogP contribution >= 0.6 is 11.8 Å². The molecule has 1 aliphatic heterocycles. The van der Waals surface area contributed by atoms with Gasteiger partial charge in [0.2, 0.25) is 5.91 Å². The monoisotopic (exact) mass is 207 g/mol. The molecule has 1 saturated heterocycles. The Labute approximate surface area is 79.7 Å². The van der Waals surface area contributed by atoms with Crippen molar-refractivity contribution in [1.29, 1.82) is 0 Å². The number of hydrogen-bond donors (Lipinski definition) is 0. The topological polar surface area (TPSA) is 20.3 Å². The largest absolute Gasteiger partial charge is 0.329 e. The first-order valence-electron chi connectivity index (χ1n) is 4.21. The molecule has 0 atom stereocenters. The van der Waals surface area contributed by atoms with E-state index in [0.29, 0.717) is 0 Å². The molecule has 0 spiro atoms. The predicted octanol–water partition coefficient (Wildman–Crippen LogP) is 1.36. The molecule has 0 bridgehead atoms. The van der Waals surface area contributed by atoms with Crippen molar-refractivity contribution >= 4 is 17.7 Å². The van der Waals surface area contributed by atoms with Crippen LogP contribution in [0.2, 0.25) is 0 Å². The van der Waals surface area contributed by atoms with Crippen molar-refractivity contribution in [2.75, 3.05) is 19.3 Å². The molecule has 0 radical (unpaired) electrons. The van der Waals surface area contributed by atoms with E-state index in [1.807, 2.05) is 6.26 Å². The standard InChI is InChI=1S/C8H11F2NOS/c1-13-7(2-3-7)6(12)11-4-8(9,10)5-11/h2-5H2,1H3. The van der Waals surface area contributed by atoms with Gasteiger partial charge in [0.05, 0.1) is 17.8 Å². The quantitative estimate of drug-likeness (QED) is 0.681. The van der Waals surface area contributed by atoms with E-state index in [9.17, 15) is 13.6 Å². The molecule has 0 N–H and O–H groups in total. The Morgan fingerprint density at radius 2 is 1.92 bits per heavy atom. The number of alkyl halides is 2. The molecule has 5 heteroatoms. The zero-order chi connectivity index (χ0) is 9.69. The summed E-state index contributed by atoms with van der Waals surface area (Å²) in [7, 11) is 0. The Morgan fingerprint density at radius 1 is 1.38 bits per heavy atom. The van der Waals surface area contributed by atoms with Gasteiger partial charge in [0, 0.05) is 0 Å². The first-order chi connectivity index (χ1) is 5.99. The molecule has 0 aromatic heterocycles. The molecule has 2 aliphatic rings. The lowest BCUT2D eigenvalue weighted by molar-refractivity contribution is -0.165. The highest BCUT2D eigenvalue weighted by Crippen LogP contribution is 2.49. The van der Waals surface area contributed by atoms with E-state index < -0.39 is 5.92 Å². The van der Waals surface area contributed by atoms with Crippen molar-refractivity contribution in [3.63, 3.8) is 0 Å². The number of nitrogens with zero attached hydrogens (tertiary/aromatic N) is 1. The minimum absolute atomic E-state index is 0.0917. The van der Waals surface area contributed by atoms with Gasteiger partial charge in [-0.15, -0.1) is 11.8 Å². The average molecular weight is 207 g/mol. The van der Waals surface area contributed by atoms with Gasteiger partial charge >= 0.3 is 0 Å². The fourth-order valence-electron chi connectivity index (χ4n) is 1.56. The van der Waals surface area contributed by atoms with Crippen molar-refractivity contribution in [2.24, 2.45) is 0 Å². The fraction of sp³-hybridized carbons (Fsp3) is 0.875. The van der Waals surface area contributed by atoms with Crippen molar-refractivity contribution < 1.29 is 13.6 Å². The minimum Gasteiger partial charge on any atom is -0.329 e. The summed E-state index contributed by atoms with van der Waals surface area (Å²) in [6.07, 6.45) is 3.55. The summed E-state index contributed by atoms with van der Waals surface area (Å²) in [5, 5.41) is 0. The Balaban J connectivity index is 1.94. The van der Waals surface area contributed by atoms with Crippen LogP contribution in [0.5, 0.6) is 0 Å². The SMILES string of the molecule is CSC1(C(=O)N2CC(F)(F)C2)CC1. The molecule has 1 aliphatic carbocycles. The maximum absolute atomic E-state index is 12.5. The van der Waals surface area contributed by atoms with E-state index in [2.05, 4.69) is 0 Å². The normalized spacial score (nSPS) is 28.1. The number of hydrogen-bond acceptors (Lipinski definition) is 2. The fourth-order valence-corrected chi connectivity index (χ4v) is 2.38. The summed E-state index contributed by atoms with van der Waals surface area (Å²) in [6.45, 7) is -0.762. The van der Waals surface area contributed by atoms with Gasteiger partial charge in [-0.3, -0.25) is 4.79 Å². The third-order valence-electron chi connectivity index (χ3n) is 2.62. The molecule has 2 fully saturated rings. The van der Waals surface area contributed by atoms with Gasteiger partial charge in [-0.05, 0) is 19.1 Å². The van der Waals surface area contributed by atoms with Crippen molar-refractivity contribution in [3.8, 4) is 0 Å². The summed E-state index contributed by atoms with van der Waals surface area (Å²) in [5.41, 5.74) is 0. The van der Waals surface area contributed by atoms with Crippen LogP contribution in [0.15, 0.2) is 0 Å². The smallest absolute Gasteiger partial charge is 0.282 e. The molecule has 0 aromatic carbocycles. The van der Waals surface area contributed by atoms with E-state index in [1.165, 1.54) is 16.7 Å². The maximum Gasteiger partial charge on any atom is 0.282 e. The lowest BCUT2D eigenvalue weighted by Gasteiger charge is -2.40. The number of carbonyl (C=O) groups is 1. The van der Waals surface area contributed by atoms with Gasteiger partial charge in [-0.1, -0.05) is 0 Å². The molecule has 1 heterocycles. The third-order valence-corrected chi connectivity index (χ3v) is 3.98. The second-order valence-electron chi connectivity index (χ2n) is 3.72. The highest BCUT2D eigenvalue weighted by molar-refractivity contribution is 8.01. The maximum atomic E-state index is 12.5. The zero-order valence-electron chi connectivity index (χ0n) is 7.35. The van der Waals surface area contributed by atoms with Crippen LogP contribution in [-0.4, -0.2) is 40.8 Å². The van der Waals surface area contributed by atoms with Crippen LogP contribution in [-0.2, 0) is 4.79 Å². The minimum atomic E-state index is -2.63. The number of carbonyl (C=O) groups excluding carboxylic acids is 1. The molecule has 2 rings (SSSR count). The summed E-state index contributed by atoms with van der Waals surface area (Å²) in [4.78, 5) is 12.9. The van der Waals surface area contributed by atoms with Crippen LogP contribution < -0.4 is 0 Å². The Bertz CT molecular complexity index is 245. The molecule has 74 valence electrons. The lowest BCUT2D eigenvalue weighted by atomic mass is 10.1. The van der Waals surface area contributed by atoms with E-state index >= 15 is 0 Å². The average Bonchev–Trinajstić information content (AvgIpc) is 2.79. The molecule has 13 heavy (non-hydrogen) atoms. The number of likely N-dealkylation sites (tertiary alicyclic amines) is 1. The van der Waals surface area contributed by atoms with Gasteiger partial charge in [0.25, 0.3) is 5.92 Å². The van der Waals surface area contributed by atoms with Crippen LogP contribution in [0.4, 0.5) is 8.78 Å². The second-order valence-corrected chi connectivity index (χ2v) is 4.91. The summed E-state index contributed by atoms with van der Waals surface area (Å²) >= 11 is 1.49. The molecule has 0 unspecified atom stereocenters. The van der Waals surface area contributed by atoms with Crippen molar-refractivity contribution in [2.45, 2.75) is 23.5 Å². The van der Waals surface area contributed by atoms with Crippen LogP contribution in [0.3, 0.4) is 0 Å². The molecular weight excluding hydrogens is 196 g/mol. The Kier molecular flexibility index (Phi) is 1.84. The van der Waals surface area contributed by atoms with E-state index in [1.54, 1.807) is 0 Å². The highest BCUT2D eigenvalue weighted by atomic mass is 32.2. The van der Waals surface area contributed by atoms with E-state index in [0.717, 1.165) is 12.8 Å². The Hall–Kier alpha value is -0.320. The van der Waals surface area contributed by atoms with Crippen LogP contribution in [0.1, 0.15) is 12.8 Å². The van der Waals surface area contributed by atoms with E-state index in [4.69, 9.17) is 0 Å². The van der Waals surface area contributed by atoms with Crippen LogP contribution in [0.25, 0.3) is 0 Å². The van der Waals surface area contributed by atoms with Gasteiger partial charge in [-0.25, -0.2) is 8.78 Å². The summed E-state index contributed by atoms with van der Waals surface area (Å²) in [5.74, 6) is -2.73. The molecule has 0 aromatic rings. The highest BCUT2D eigenvalue weighted by Gasteiger charge is 2.56.